The number of rotatable bonds is 4. The lowest BCUT2D eigenvalue weighted by atomic mass is 10.1. The molecule has 10 heteroatoms. The largest absolute Gasteiger partial charge is 0.492 e. The Labute approximate surface area is 168 Å². The number of thiophene rings is 1. The van der Waals surface area contributed by atoms with E-state index in [4.69, 9.17) is 4.42 Å². The van der Waals surface area contributed by atoms with Gasteiger partial charge in [-0.15, -0.1) is 11.3 Å². The van der Waals surface area contributed by atoms with Crippen LogP contribution in [0.15, 0.2) is 46.7 Å². The van der Waals surface area contributed by atoms with Crippen molar-refractivity contribution in [3.63, 3.8) is 0 Å². The van der Waals surface area contributed by atoms with Crippen molar-refractivity contribution in [3.05, 3.63) is 57.8 Å². The second kappa shape index (κ2) is 7.04. The normalized spacial score (nSPS) is 16.6. The molecule has 0 radical (unpaired) electrons. The van der Waals surface area contributed by atoms with E-state index in [-0.39, 0.29) is 17.8 Å². The van der Waals surface area contributed by atoms with Crippen LogP contribution in [-0.2, 0) is 0 Å². The van der Waals surface area contributed by atoms with Crippen LogP contribution in [0.2, 0.25) is 0 Å². The SMILES string of the molecule is O=C(c1ccco1)N1CCN([C@@H](c2cccs2)c2sc3ncnn3c2O)CC1. The fraction of sp³-hybridized carbons (Fsp3) is 0.278. The first kappa shape index (κ1) is 17.4. The Hall–Kier alpha value is -2.69. The van der Waals surface area contributed by atoms with E-state index >= 15 is 0 Å². The summed E-state index contributed by atoms with van der Waals surface area (Å²) < 4.78 is 6.71. The van der Waals surface area contributed by atoms with Crippen molar-refractivity contribution in [1.29, 1.82) is 0 Å². The fourth-order valence-corrected chi connectivity index (χ4v) is 5.56. The second-order valence-corrected chi connectivity index (χ2v) is 8.46. The molecule has 1 saturated heterocycles. The van der Waals surface area contributed by atoms with Crippen LogP contribution in [0.25, 0.3) is 4.96 Å². The van der Waals surface area contributed by atoms with E-state index in [9.17, 15) is 9.90 Å². The van der Waals surface area contributed by atoms with Gasteiger partial charge in [0.05, 0.1) is 17.2 Å². The number of fused-ring (bicyclic) bond motifs is 1. The minimum absolute atomic E-state index is 0.0843. The Morgan fingerprint density at radius 1 is 1.21 bits per heavy atom. The summed E-state index contributed by atoms with van der Waals surface area (Å²) in [5.41, 5.74) is 0. The maximum Gasteiger partial charge on any atom is 0.289 e. The quantitative estimate of drug-likeness (QED) is 0.551. The van der Waals surface area contributed by atoms with Crippen molar-refractivity contribution < 1.29 is 14.3 Å². The van der Waals surface area contributed by atoms with Crippen molar-refractivity contribution >= 4 is 33.5 Å². The summed E-state index contributed by atoms with van der Waals surface area (Å²) in [6.07, 6.45) is 2.95. The molecule has 5 heterocycles. The summed E-state index contributed by atoms with van der Waals surface area (Å²) in [5, 5.41) is 16.8. The minimum Gasteiger partial charge on any atom is -0.492 e. The zero-order valence-corrected chi connectivity index (χ0v) is 16.4. The molecule has 1 N–H and O–H groups in total. The van der Waals surface area contributed by atoms with E-state index in [0.29, 0.717) is 36.9 Å². The van der Waals surface area contributed by atoms with Gasteiger partial charge in [0.1, 0.15) is 6.33 Å². The van der Waals surface area contributed by atoms with E-state index in [1.165, 1.54) is 28.4 Å². The summed E-state index contributed by atoms with van der Waals surface area (Å²) in [7, 11) is 0. The van der Waals surface area contributed by atoms with E-state index < -0.39 is 0 Å². The third kappa shape index (κ3) is 2.89. The molecular formula is C18H17N5O3S2. The van der Waals surface area contributed by atoms with Gasteiger partial charge in [-0.25, -0.2) is 4.98 Å². The van der Waals surface area contributed by atoms with Gasteiger partial charge in [-0.3, -0.25) is 9.69 Å². The first-order chi connectivity index (χ1) is 13.7. The molecule has 0 spiro atoms. The molecule has 1 aliphatic rings. The highest BCUT2D eigenvalue weighted by atomic mass is 32.1. The van der Waals surface area contributed by atoms with Crippen LogP contribution >= 0.6 is 22.7 Å². The number of thiazole rings is 1. The highest BCUT2D eigenvalue weighted by molar-refractivity contribution is 7.17. The van der Waals surface area contributed by atoms with Crippen LogP contribution in [-0.4, -0.2) is 61.6 Å². The summed E-state index contributed by atoms with van der Waals surface area (Å²) in [5.74, 6) is 0.412. The van der Waals surface area contributed by atoms with E-state index in [0.717, 1.165) is 9.75 Å². The number of carbonyl (C=O) groups excluding carboxylic acids is 1. The van der Waals surface area contributed by atoms with E-state index in [2.05, 4.69) is 21.0 Å². The topological polar surface area (TPSA) is 87.1 Å². The lowest BCUT2D eigenvalue weighted by Gasteiger charge is -2.38. The number of aromatic hydroxyl groups is 1. The lowest BCUT2D eigenvalue weighted by molar-refractivity contribution is 0.0570. The zero-order valence-electron chi connectivity index (χ0n) is 14.8. The molecule has 4 aromatic rings. The molecule has 4 aromatic heterocycles. The molecule has 0 aromatic carbocycles. The van der Waals surface area contributed by atoms with Gasteiger partial charge in [-0.1, -0.05) is 17.4 Å². The number of nitrogens with zero attached hydrogens (tertiary/aromatic N) is 5. The number of piperazine rings is 1. The van der Waals surface area contributed by atoms with Gasteiger partial charge in [0, 0.05) is 31.1 Å². The fourth-order valence-electron chi connectivity index (χ4n) is 3.53. The van der Waals surface area contributed by atoms with Crippen LogP contribution in [0.5, 0.6) is 5.88 Å². The third-order valence-electron chi connectivity index (χ3n) is 4.90. The molecule has 5 rings (SSSR count). The molecule has 0 bridgehead atoms. The van der Waals surface area contributed by atoms with Crippen LogP contribution in [0.1, 0.15) is 26.4 Å². The first-order valence-corrected chi connectivity index (χ1v) is 10.5. The zero-order chi connectivity index (χ0) is 19.1. The highest BCUT2D eigenvalue weighted by Crippen LogP contribution is 2.41. The third-order valence-corrected chi connectivity index (χ3v) is 6.91. The van der Waals surface area contributed by atoms with Gasteiger partial charge < -0.3 is 14.4 Å². The monoisotopic (exact) mass is 415 g/mol. The Morgan fingerprint density at radius 3 is 2.75 bits per heavy atom. The maximum absolute atomic E-state index is 12.5. The predicted molar refractivity (Wildman–Crippen MR) is 105 cm³/mol. The standard InChI is InChI=1S/C18H17N5O3S2/c24-16(12-3-1-9-26-12)22-7-5-21(6-8-22)14(13-4-2-10-27-13)15-17(25)23-18(28-15)19-11-20-23/h1-4,9-11,14,25H,5-8H2/t14-/m0/s1. The second-order valence-electron chi connectivity index (χ2n) is 6.47. The van der Waals surface area contributed by atoms with Gasteiger partial charge in [0.15, 0.2) is 5.76 Å². The van der Waals surface area contributed by atoms with Crippen LogP contribution in [0.4, 0.5) is 0 Å². The molecule has 0 unspecified atom stereocenters. The summed E-state index contributed by atoms with van der Waals surface area (Å²) in [4.78, 5) is 23.5. The van der Waals surface area contributed by atoms with E-state index in [1.807, 2.05) is 16.3 Å². The van der Waals surface area contributed by atoms with E-state index in [1.54, 1.807) is 23.5 Å². The predicted octanol–water partition coefficient (Wildman–Crippen LogP) is 2.70. The molecule has 8 nitrogen and oxygen atoms in total. The summed E-state index contributed by atoms with van der Waals surface area (Å²) >= 11 is 3.10. The van der Waals surface area contributed by atoms with Crippen molar-refractivity contribution in [3.8, 4) is 5.88 Å². The Morgan fingerprint density at radius 2 is 2.07 bits per heavy atom. The minimum atomic E-state index is -0.0886. The van der Waals surface area contributed by atoms with Crippen molar-refractivity contribution in [2.24, 2.45) is 0 Å². The highest BCUT2D eigenvalue weighted by Gasteiger charge is 2.33. The molecule has 144 valence electrons. The van der Waals surface area contributed by atoms with Crippen LogP contribution < -0.4 is 0 Å². The number of furan rings is 1. The van der Waals surface area contributed by atoms with Gasteiger partial charge in [-0.2, -0.15) is 9.61 Å². The van der Waals surface area contributed by atoms with Gasteiger partial charge in [0.25, 0.3) is 5.91 Å². The number of hydrogen-bond acceptors (Lipinski definition) is 8. The van der Waals surface area contributed by atoms with Crippen molar-refractivity contribution in [1.82, 2.24) is 24.4 Å². The lowest BCUT2D eigenvalue weighted by Crippen LogP contribution is -2.49. The Kier molecular flexibility index (Phi) is 4.38. The Balaban J connectivity index is 1.41. The van der Waals surface area contributed by atoms with Gasteiger partial charge in [-0.05, 0) is 23.6 Å². The van der Waals surface area contributed by atoms with Crippen molar-refractivity contribution in [2.45, 2.75) is 6.04 Å². The average molecular weight is 416 g/mol. The van der Waals surface area contributed by atoms with Gasteiger partial charge >= 0.3 is 0 Å². The number of carbonyl (C=O) groups is 1. The van der Waals surface area contributed by atoms with Crippen LogP contribution in [0.3, 0.4) is 0 Å². The molecule has 1 aliphatic heterocycles. The molecule has 28 heavy (non-hydrogen) atoms. The molecule has 1 fully saturated rings. The number of amides is 1. The van der Waals surface area contributed by atoms with Crippen molar-refractivity contribution in [2.75, 3.05) is 26.2 Å². The summed E-state index contributed by atoms with van der Waals surface area (Å²) in [6, 6.07) is 7.41. The Bertz CT molecular complexity index is 1080. The molecule has 0 aliphatic carbocycles. The number of aromatic nitrogens is 3. The maximum atomic E-state index is 12.5. The molecule has 1 amide bonds. The smallest absolute Gasteiger partial charge is 0.289 e. The van der Waals surface area contributed by atoms with Gasteiger partial charge in [0.2, 0.25) is 10.8 Å². The summed E-state index contributed by atoms with van der Waals surface area (Å²) in [6.45, 7) is 2.59. The first-order valence-electron chi connectivity index (χ1n) is 8.84. The number of hydrogen-bond donors (Lipinski definition) is 1. The average Bonchev–Trinajstić information content (AvgIpc) is 3.51. The molecule has 1 atom stereocenters. The molecule has 0 saturated carbocycles. The molecular weight excluding hydrogens is 398 g/mol. The van der Waals surface area contributed by atoms with Crippen LogP contribution in [0, 0.1) is 0 Å².